The number of rotatable bonds is 2. The molecule has 0 fully saturated rings. The molecule has 0 saturated carbocycles. The predicted octanol–water partition coefficient (Wildman–Crippen LogP) is 2.69. The van der Waals surface area contributed by atoms with Crippen LogP contribution in [0.15, 0.2) is 22.7 Å². The molecule has 1 heterocycles. The second-order valence-corrected chi connectivity index (χ2v) is 4.76. The number of nitrogens with zero attached hydrogens (tertiary/aromatic N) is 3. The summed E-state index contributed by atoms with van der Waals surface area (Å²) in [6.45, 7) is 1.86. The highest BCUT2D eigenvalue weighted by Crippen LogP contribution is 2.27. The van der Waals surface area contributed by atoms with Crippen LogP contribution in [0.3, 0.4) is 0 Å². The molecule has 0 amide bonds. The molecule has 0 atom stereocenters. The average molecular weight is 306 g/mol. The van der Waals surface area contributed by atoms with Crippen molar-refractivity contribution in [2.45, 2.75) is 6.92 Å². The first kappa shape index (κ1) is 12.5. The van der Waals surface area contributed by atoms with Crippen molar-refractivity contribution < 1.29 is 0 Å². The summed E-state index contributed by atoms with van der Waals surface area (Å²) in [6.07, 6.45) is 0. The van der Waals surface area contributed by atoms with Crippen LogP contribution < -0.4 is 11.1 Å². The maximum Gasteiger partial charge on any atom is 0.152 e. The van der Waals surface area contributed by atoms with Crippen LogP contribution in [0.2, 0.25) is 0 Å². The predicted molar refractivity (Wildman–Crippen MR) is 74.5 cm³/mol. The largest absolute Gasteiger partial charge is 0.394 e. The number of anilines is 3. The molecule has 2 aromatic rings. The molecule has 92 valence electrons. The molecule has 1 aromatic heterocycles. The Morgan fingerprint density at radius 1 is 1.50 bits per heavy atom. The first-order valence-corrected chi connectivity index (χ1v) is 6.08. The fourth-order valence-corrected chi connectivity index (χ4v) is 2.11. The molecule has 0 unspecified atom stereocenters. The summed E-state index contributed by atoms with van der Waals surface area (Å²) in [5.41, 5.74) is 8.78. The van der Waals surface area contributed by atoms with Crippen LogP contribution in [0.25, 0.3) is 0 Å². The topological polar surface area (TPSA) is 79.7 Å². The fraction of sp³-hybridized carbons (Fsp3) is 0.167. The Bertz CT molecular complexity index is 639. The smallest absolute Gasteiger partial charge is 0.152 e. The molecule has 0 aliphatic carbocycles. The van der Waals surface area contributed by atoms with Crippen molar-refractivity contribution in [3.63, 3.8) is 0 Å². The number of aryl methyl sites for hydroxylation is 2. The number of nitrogens with two attached hydrogens (primary N) is 1. The minimum Gasteiger partial charge on any atom is -0.394 e. The lowest BCUT2D eigenvalue weighted by atomic mass is 10.2. The van der Waals surface area contributed by atoms with Crippen molar-refractivity contribution in [3.05, 3.63) is 33.9 Å². The van der Waals surface area contributed by atoms with Gasteiger partial charge in [0.1, 0.15) is 6.07 Å². The Hall–Kier alpha value is -2.00. The number of nitrogens with one attached hydrogen (secondary N) is 1. The van der Waals surface area contributed by atoms with E-state index >= 15 is 0 Å². The number of benzene rings is 1. The van der Waals surface area contributed by atoms with Crippen LogP contribution in [0.5, 0.6) is 0 Å². The third kappa shape index (κ3) is 2.17. The van der Waals surface area contributed by atoms with Crippen LogP contribution in [-0.4, -0.2) is 9.78 Å². The van der Waals surface area contributed by atoms with Gasteiger partial charge in [-0.15, -0.1) is 0 Å². The lowest BCUT2D eigenvalue weighted by Gasteiger charge is -2.08. The van der Waals surface area contributed by atoms with Gasteiger partial charge in [0.15, 0.2) is 5.82 Å². The zero-order valence-corrected chi connectivity index (χ0v) is 11.6. The van der Waals surface area contributed by atoms with Crippen LogP contribution in [0, 0.1) is 18.3 Å². The third-order valence-electron chi connectivity index (χ3n) is 2.62. The van der Waals surface area contributed by atoms with Gasteiger partial charge in [0.25, 0.3) is 0 Å². The Kier molecular flexibility index (Phi) is 3.26. The summed E-state index contributed by atoms with van der Waals surface area (Å²) in [7, 11) is 1.82. The van der Waals surface area contributed by atoms with Gasteiger partial charge in [-0.05, 0) is 41.1 Å². The number of aromatic nitrogens is 2. The van der Waals surface area contributed by atoms with Gasteiger partial charge < -0.3 is 11.1 Å². The molecule has 0 aliphatic rings. The van der Waals surface area contributed by atoms with Crippen LogP contribution in [-0.2, 0) is 7.05 Å². The highest BCUT2D eigenvalue weighted by molar-refractivity contribution is 9.10. The lowest BCUT2D eigenvalue weighted by Crippen LogP contribution is -2.01. The van der Waals surface area contributed by atoms with Crippen molar-refractivity contribution in [3.8, 4) is 6.07 Å². The SMILES string of the molecule is Cc1nn(C)c(Nc2ccc(C#N)c(Br)c2)c1N. The van der Waals surface area contributed by atoms with Crippen LogP contribution in [0.1, 0.15) is 11.3 Å². The second kappa shape index (κ2) is 4.70. The minimum absolute atomic E-state index is 0.592. The maximum absolute atomic E-state index is 8.86. The van der Waals surface area contributed by atoms with Crippen molar-refractivity contribution in [1.82, 2.24) is 9.78 Å². The third-order valence-corrected chi connectivity index (χ3v) is 3.28. The number of nitriles is 1. The molecule has 0 radical (unpaired) electrons. The molecule has 5 nitrogen and oxygen atoms in total. The highest BCUT2D eigenvalue weighted by atomic mass is 79.9. The quantitative estimate of drug-likeness (QED) is 0.894. The van der Waals surface area contributed by atoms with E-state index in [9.17, 15) is 0 Å². The van der Waals surface area contributed by atoms with Gasteiger partial charge in [0.05, 0.1) is 16.9 Å². The number of nitrogen functional groups attached to an aromatic ring is 1. The highest BCUT2D eigenvalue weighted by Gasteiger charge is 2.10. The molecular formula is C12H12BrN5. The molecule has 18 heavy (non-hydrogen) atoms. The second-order valence-electron chi connectivity index (χ2n) is 3.90. The molecule has 1 aromatic carbocycles. The molecular weight excluding hydrogens is 294 g/mol. The Morgan fingerprint density at radius 3 is 2.72 bits per heavy atom. The molecule has 0 bridgehead atoms. The maximum atomic E-state index is 8.86. The van der Waals surface area contributed by atoms with E-state index in [0.717, 1.165) is 21.7 Å². The van der Waals surface area contributed by atoms with Gasteiger partial charge in [-0.25, -0.2) is 0 Å². The molecule has 0 aliphatic heterocycles. The summed E-state index contributed by atoms with van der Waals surface area (Å²) in [6, 6.07) is 7.50. The molecule has 2 rings (SSSR count). The Labute approximate surface area is 113 Å². The van der Waals surface area contributed by atoms with E-state index in [1.54, 1.807) is 10.7 Å². The van der Waals surface area contributed by atoms with E-state index < -0.39 is 0 Å². The van der Waals surface area contributed by atoms with Crippen LogP contribution in [0.4, 0.5) is 17.2 Å². The number of hydrogen-bond acceptors (Lipinski definition) is 4. The number of hydrogen-bond donors (Lipinski definition) is 2. The van der Waals surface area contributed by atoms with Crippen molar-refractivity contribution in [1.29, 1.82) is 5.26 Å². The van der Waals surface area contributed by atoms with E-state index in [4.69, 9.17) is 11.0 Å². The van der Waals surface area contributed by atoms with Gasteiger partial charge in [0, 0.05) is 17.2 Å². The van der Waals surface area contributed by atoms with Crippen molar-refractivity contribution >= 4 is 33.1 Å². The van der Waals surface area contributed by atoms with E-state index in [2.05, 4.69) is 32.4 Å². The summed E-state index contributed by atoms with van der Waals surface area (Å²) in [5, 5.41) is 16.3. The van der Waals surface area contributed by atoms with Gasteiger partial charge in [-0.3, -0.25) is 4.68 Å². The van der Waals surface area contributed by atoms with E-state index in [0.29, 0.717) is 11.3 Å². The molecule has 0 spiro atoms. The van der Waals surface area contributed by atoms with Gasteiger partial charge >= 0.3 is 0 Å². The zero-order valence-electron chi connectivity index (χ0n) is 10.0. The van der Waals surface area contributed by atoms with Gasteiger partial charge in [-0.2, -0.15) is 10.4 Å². The molecule has 6 heteroatoms. The first-order chi connectivity index (χ1) is 8.52. The Balaban J connectivity index is 2.35. The summed E-state index contributed by atoms with van der Waals surface area (Å²) in [4.78, 5) is 0. The molecule has 3 N–H and O–H groups in total. The fourth-order valence-electron chi connectivity index (χ4n) is 1.64. The van der Waals surface area contributed by atoms with E-state index in [-0.39, 0.29) is 0 Å². The monoisotopic (exact) mass is 305 g/mol. The van der Waals surface area contributed by atoms with E-state index in [1.807, 2.05) is 26.1 Å². The standard InChI is InChI=1S/C12H12BrN5/c1-7-11(15)12(18(2)17-7)16-9-4-3-8(6-14)10(13)5-9/h3-5,16H,15H2,1-2H3. The van der Waals surface area contributed by atoms with Gasteiger partial charge in [0.2, 0.25) is 0 Å². The average Bonchev–Trinajstić information content (AvgIpc) is 2.56. The van der Waals surface area contributed by atoms with Crippen LogP contribution >= 0.6 is 15.9 Å². The zero-order chi connectivity index (χ0) is 13.3. The first-order valence-electron chi connectivity index (χ1n) is 5.28. The van der Waals surface area contributed by atoms with Gasteiger partial charge in [-0.1, -0.05) is 0 Å². The summed E-state index contributed by atoms with van der Waals surface area (Å²) >= 11 is 3.35. The molecule has 0 saturated heterocycles. The van der Waals surface area contributed by atoms with Crippen molar-refractivity contribution in [2.75, 3.05) is 11.1 Å². The number of halogens is 1. The lowest BCUT2D eigenvalue weighted by molar-refractivity contribution is 0.765. The minimum atomic E-state index is 0.592. The summed E-state index contributed by atoms with van der Waals surface area (Å²) < 4.78 is 2.43. The summed E-state index contributed by atoms with van der Waals surface area (Å²) in [5.74, 6) is 0.740. The van der Waals surface area contributed by atoms with Crippen molar-refractivity contribution in [2.24, 2.45) is 7.05 Å². The van der Waals surface area contributed by atoms with E-state index in [1.165, 1.54) is 0 Å². The normalized spacial score (nSPS) is 10.1. The Morgan fingerprint density at radius 2 is 2.22 bits per heavy atom.